The molecule has 1 rings (SSSR count). The van der Waals surface area contributed by atoms with Crippen LogP contribution in [-0.4, -0.2) is 58.4 Å². The van der Waals surface area contributed by atoms with E-state index in [4.69, 9.17) is 14.2 Å². The highest BCUT2D eigenvalue weighted by atomic mass is 16.6. The lowest BCUT2D eigenvalue weighted by Gasteiger charge is -2.29. The molecule has 176 valence electrons. The minimum Gasteiger partial charge on any atom is -0.410 e. The first kappa shape index (κ1) is 27.1. The van der Waals surface area contributed by atoms with Crippen molar-refractivity contribution in [2.45, 2.75) is 59.3 Å². The molecule has 1 aromatic carbocycles. The largest absolute Gasteiger partial charge is 0.412 e. The summed E-state index contributed by atoms with van der Waals surface area (Å²) in [7, 11) is 1.87. The van der Waals surface area contributed by atoms with Gasteiger partial charge in [0, 0.05) is 36.9 Å². The molecule has 0 heterocycles. The number of amides is 1. The molecule has 31 heavy (non-hydrogen) atoms. The quantitative estimate of drug-likeness (QED) is 0.408. The summed E-state index contributed by atoms with van der Waals surface area (Å²) in [5.41, 5.74) is 2.48. The van der Waals surface area contributed by atoms with Gasteiger partial charge in [-0.15, -0.1) is 0 Å². The third-order valence-corrected chi connectivity index (χ3v) is 4.88. The van der Waals surface area contributed by atoms with Crippen LogP contribution in [0.2, 0.25) is 0 Å². The SMILES string of the molecule is CCCC(=O)CC(C)(C)c1c(C)cc(C)cc1OC(=O)NCCOCCOCCNC. The van der Waals surface area contributed by atoms with Crippen LogP contribution in [-0.2, 0) is 19.7 Å². The zero-order valence-electron chi connectivity index (χ0n) is 20.1. The van der Waals surface area contributed by atoms with Crippen molar-refractivity contribution >= 4 is 11.9 Å². The number of benzene rings is 1. The van der Waals surface area contributed by atoms with Crippen molar-refractivity contribution in [3.63, 3.8) is 0 Å². The highest BCUT2D eigenvalue weighted by molar-refractivity contribution is 5.80. The number of aryl methyl sites for hydroxylation is 2. The number of likely N-dealkylation sites (N-methyl/N-ethyl adjacent to an activating group) is 1. The van der Waals surface area contributed by atoms with Gasteiger partial charge in [-0.1, -0.05) is 26.8 Å². The maximum absolute atomic E-state index is 12.4. The Morgan fingerprint density at radius 3 is 2.26 bits per heavy atom. The second-order valence-corrected chi connectivity index (χ2v) is 8.45. The van der Waals surface area contributed by atoms with E-state index < -0.39 is 11.5 Å². The fourth-order valence-corrected chi connectivity index (χ4v) is 3.68. The van der Waals surface area contributed by atoms with Crippen LogP contribution in [0.25, 0.3) is 0 Å². The Balaban J connectivity index is 2.63. The molecule has 0 atom stereocenters. The van der Waals surface area contributed by atoms with Crippen molar-refractivity contribution in [2.75, 3.05) is 46.6 Å². The highest BCUT2D eigenvalue weighted by Crippen LogP contribution is 2.38. The van der Waals surface area contributed by atoms with E-state index in [1.165, 1.54) is 0 Å². The first-order valence-electron chi connectivity index (χ1n) is 11.1. The zero-order chi connectivity index (χ0) is 23.3. The van der Waals surface area contributed by atoms with E-state index in [-0.39, 0.29) is 5.78 Å². The third-order valence-electron chi connectivity index (χ3n) is 4.88. The molecule has 1 amide bonds. The normalized spacial score (nSPS) is 11.4. The molecule has 0 fully saturated rings. The summed E-state index contributed by atoms with van der Waals surface area (Å²) < 4.78 is 16.5. The molecule has 0 aromatic heterocycles. The fraction of sp³-hybridized carbons (Fsp3) is 0.667. The molecule has 0 unspecified atom stereocenters. The lowest BCUT2D eigenvalue weighted by molar-refractivity contribution is -0.120. The lowest BCUT2D eigenvalue weighted by atomic mass is 9.76. The summed E-state index contributed by atoms with van der Waals surface area (Å²) in [6.45, 7) is 13.2. The number of carbonyl (C=O) groups excluding carboxylic acids is 2. The molecule has 7 heteroatoms. The van der Waals surface area contributed by atoms with Gasteiger partial charge in [-0.25, -0.2) is 4.79 Å². The molecular weight excluding hydrogens is 396 g/mol. The maximum Gasteiger partial charge on any atom is 0.412 e. The van der Waals surface area contributed by atoms with Gasteiger partial charge in [-0.05, 0) is 44.5 Å². The Kier molecular flexibility index (Phi) is 12.4. The topological polar surface area (TPSA) is 85.9 Å². The van der Waals surface area contributed by atoms with E-state index in [2.05, 4.69) is 16.7 Å². The molecule has 0 spiro atoms. The first-order chi connectivity index (χ1) is 14.7. The van der Waals surface area contributed by atoms with Crippen LogP contribution >= 0.6 is 0 Å². The number of Topliss-reactive ketones (excluding diaryl/α,β-unsaturated/α-hetero) is 1. The van der Waals surface area contributed by atoms with Crippen LogP contribution in [0.4, 0.5) is 4.79 Å². The molecule has 0 aliphatic heterocycles. The van der Waals surface area contributed by atoms with Crippen LogP contribution in [0, 0.1) is 13.8 Å². The standard InChI is InChI=1S/C24H40N2O5/c1-7-8-20(27)17-24(4,5)22-19(3)15-18(2)16-21(22)31-23(28)26-10-12-30-14-13-29-11-9-25-6/h15-16,25H,7-14,17H2,1-6H3,(H,26,28). The van der Waals surface area contributed by atoms with Gasteiger partial charge in [0.15, 0.2) is 0 Å². The van der Waals surface area contributed by atoms with Gasteiger partial charge in [0.25, 0.3) is 0 Å². The van der Waals surface area contributed by atoms with Crippen molar-refractivity contribution < 1.29 is 23.8 Å². The van der Waals surface area contributed by atoms with E-state index in [0.29, 0.717) is 51.6 Å². The lowest BCUT2D eigenvalue weighted by Crippen LogP contribution is -2.32. The number of nitrogens with one attached hydrogen (secondary N) is 2. The number of ketones is 1. The number of hydrogen-bond donors (Lipinski definition) is 2. The predicted molar refractivity (Wildman–Crippen MR) is 123 cm³/mol. The van der Waals surface area contributed by atoms with Gasteiger partial charge in [0.1, 0.15) is 11.5 Å². The molecular formula is C24H40N2O5. The minimum atomic E-state index is -0.532. The molecule has 0 saturated carbocycles. The van der Waals surface area contributed by atoms with Crippen LogP contribution < -0.4 is 15.4 Å². The second kappa shape index (κ2) is 14.2. The summed E-state index contributed by atoms with van der Waals surface area (Å²) in [5, 5.41) is 5.72. The smallest absolute Gasteiger partial charge is 0.410 e. The van der Waals surface area contributed by atoms with E-state index in [1.807, 2.05) is 47.7 Å². The van der Waals surface area contributed by atoms with E-state index in [0.717, 1.165) is 29.7 Å². The van der Waals surface area contributed by atoms with Gasteiger partial charge < -0.3 is 24.8 Å². The zero-order valence-corrected chi connectivity index (χ0v) is 20.1. The van der Waals surface area contributed by atoms with Crippen molar-refractivity contribution in [3.05, 3.63) is 28.8 Å². The average molecular weight is 437 g/mol. The van der Waals surface area contributed by atoms with Gasteiger partial charge in [-0.3, -0.25) is 4.79 Å². The Hall–Kier alpha value is -1.96. The molecule has 7 nitrogen and oxygen atoms in total. The minimum absolute atomic E-state index is 0.218. The highest BCUT2D eigenvalue weighted by Gasteiger charge is 2.30. The van der Waals surface area contributed by atoms with E-state index in [1.54, 1.807) is 0 Å². The average Bonchev–Trinajstić information content (AvgIpc) is 2.65. The van der Waals surface area contributed by atoms with Crippen LogP contribution in [0.5, 0.6) is 5.75 Å². The summed E-state index contributed by atoms with van der Waals surface area (Å²) >= 11 is 0. The summed E-state index contributed by atoms with van der Waals surface area (Å²) in [6.07, 6.45) is 1.27. The molecule has 0 aliphatic carbocycles. The maximum atomic E-state index is 12.4. The monoisotopic (exact) mass is 436 g/mol. The molecule has 2 N–H and O–H groups in total. The van der Waals surface area contributed by atoms with Crippen LogP contribution in [0.3, 0.4) is 0 Å². The Labute approximate surface area is 187 Å². The van der Waals surface area contributed by atoms with Crippen LogP contribution in [0.15, 0.2) is 12.1 Å². The van der Waals surface area contributed by atoms with Crippen molar-refractivity contribution in [3.8, 4) is 5.75 Å². The van der Waals surface area contributed by atoms with E-state index >= 15 is 0 Å². The molecule has 1 aromatic rings. The number of carbonyl (C=O) groups is 2. The molecule has 0 saturated heterocycles. The second-order valence-electron chi connectivity index (χ2n) is 8.45. The molecule has 0 aliphatic rings. The molecule has 0 radical (unpaired) electrons. The van der Waals surface area contributed by atoms with Crippen molar-refractivity contribution in [1.82, 2.24) is 10.6 Å². The predicted octanol–water partition coefficient (Wildman–Crippen LogP) is 3.68. The van der Waals surface area contributed by atoms with Crippen molar-refractivity contribution in [2.24, 2.45) is 0 Å². The number of ether oxygens (including phenoxy) is 3. The number of rotatable bonds is 15. The van der Waals surface area contributed by atoms with Gasteiger partial charge in [0.2, 0.25) is 0 Å². The third kappa shape index (κ3) is 10.3. The Morgan fingerprint density at radius 2 is 1.65 bits per heavy atom. The van der Waals surface area contributed by atoms with Gasteiger partial charge in [-0.2, -0.15) is 0 Å². The summed E-state index contributed by atoms with van der Waals surface area (Å²) in [5.74, 6) is 0.720. The summed E-state index contributed by atoms with van der Waals surface area (Å²) in [6, 6.07) is 3.91. The fourth-order valence-electron chi connectivity index (χ4n) is 3.68. The Bertz CT molecular complexity index is 703. The Morgan fingerprint density at radius 1 is 1.00 bits per heavy atom. The number of hydrogen-bond acceptors (Lipinski definition) is 6. The first-order valence-corrected chi connectivity index (χ1v) is 11.1. The van der Waals surface area contributed by atoms with E-state index in [9.17, 15) is 9.59 Å². The van der Waals surface area contributed by atoms with Crippen LogP contribution in [0.1, 0.15) is 56.7 Å². The van der Waals surface area contributed by atoms with Crippen molar-refractivity contribution in [1.29, 1.82) is 0 Å². The van der Waals surface area contributed by atoms with Gasteiger partial charge in [0.05, 0.1) is 26.4 Å². The summed E-state index contributed by atoms with van der Waals surface area (Å²) in [4.78, 5) is 24.7. The van der Waals surface area contributed by atoms with Gasteiger partial charge >= 0.3 is 6.09 Å². The molecule has 0 bridgehead atoms.